The molecule has 0 atom stereocenters. The summed E-state index contributed by atoms with van der Waals surface area (Å²) in [4.78, 5) is 20.2. The number of rotatable bonds is 2. The third kappa shape index (κ3) is 3.19. The SMILES string of the molecule is Cc1c(N2CCC(C)(N)CC2)nc(C)n(-c2ccc3ccccc3c2Cl)c1=O. The number of benzene rings is 2. The fourth-order valence-electron chi connectivity index (χ4n) is 3.91. The average molecular weight is 397 g/mol. The minimum atomic E-state index is -0.146. The highest BCUT2D eigenvalue weighted by Crippen LogP contribution is 2.31. The Kier molecular flexibility index (Phi) is 4.68. The maximum Gasteiger partial charge on any atom is 0.263 e. The summed E-state index contributed by atoms with van der Waals surface area (Å²) in [6.45, 7) is 7.38. The van der Waals surface area contributed by atoms with Gasteiger partial charge in [0.25, 0.3) is 5.56 Å². The molecule has 2 heterocycles. The van der Waals surface area contributed by atoms with Crippen molar-refractivity contribution in [2.24, 2.45) is 5.73 Å². The standard InChI is InChI=1S/C22H25ClN4O/c1-14-20(26-12-10-22(3,24)11-13-26)25-15(2)27(21(14)28)18-9-8-16-6-4-5-7-17(16)19(18)23/h4-9H,10-13,24H2,1-3H3. The van der Waals surface area contributed by atoms with E-state index in [4.69, 9.17) is 22.3 Å². The third-order valence-electron chi connectivity index (χ3n) is 5.74. The van der Waals surface area contributed by atoms with Crippen molar-refractivity contribution < 1.29 is 0 Å². The van der Waals surface area contributed by atoms with Crippen molar-refractivity contribution >= 4 is 28.2 Å². The summed E-state index contributed by atoms with van der Waals surface area (Å²) < 4.78 is 1.62. The monoisotopic (exact) mass is 396 g/mol. The highest BCUT2D eigenvalue weighted by atomic mass is 35.5. The number of fused-ring (bicyclic) bond motifs is 1. The van der Waals surface area contributed by atoms with Gasteiger partial charge in [0.15, 0.2) is 0 Å². The lowest BCUT2D eigenvalue weighted by molar-refractivity contribution is 0.362. The molecular formula is C22H25ClN4O. The fraction of sp³-hybridized carbons (Fsp3) is 0.364. The van der Waals surface area contributed by atoms with Crippen LogP contribution in [-0.4, -0.2) is 28.2 Å². The number of hydrogen-bond donors (Lipinski definition) is 1. The van der Waals surface area contributed by atoms with Crippen molar-refractivity contribution in [2.75, 3.05) is 18.0 Å². The van der Waals surface area contributed by atoms with E-state index in [1.54, 1.807) is 4.57 Å². The Morgan fingerprint density at radius 3 is 2.50 bits per heavy atom. The molecule has 4 rings (SSSR count). The van der Waals surface area contributed by atoms with Crippen LogP contribution in [0.4, 0.5) is 5.82 Å². The predicted molar refractivity (Wildman–Crippen MR) is 116 cm³/mol. The molecule has 0 unspecified atom stereocenters. The first-order valence-electron chi connectivity index (χ1n) is 9.60. The van der Waals surface area contributed by atoms with Gasteiger partial charge in [-0.2, -0.15) is 0 Å². The van der Waals surface area contributed by atoms with Crippen LogP contribution in [0, 0.1) is 13.8 Å². The first kappa shape index (κ1) is 19.0. The zero-order chi connectivity index (χ0) is 20.1. The van der Waals surface area contributed by atoms with E-state index < -0.39 is 0 Å². The number of anilines is 1. The summed E-state index contributed by atoms with van der Waals surface area (Å²) in [5.41, 5.74) is 7.32. The Bertz CT molecular complexity index is 1110. The van der Waals surface area contributed by atoms with Gasteiger partial charge in [0.1, 0.15) is 11.6 Å². The Hall–Kier alpha value is -2.37. The molecular weight excluding hydrogens is 372 g/mol. The molecule has 1 aromatic heterocycles. The predicted octanol–water partition coefficient (Wildman–Crippen LogP) is 3.97. The molecule has 2 aromatic carbocycles. The third-order valence-corrected chi connectivity index (χ3v) is 6.14. The van der Waals surface area contributed by atoms with Crippen LogP contribution in [0.5, 0.6) is 0 Å². The molecule has 0 aliphatic carbocycles. The fourth-order valence-corrected chi connectivity index (χ4v) is 4.23. The van der Waals surface area contributed by atoms with Crippen LogP contribution < -0.4 is 16.2 Å². The molecule has 1 saturated heterocycles. The second-order valence-electron chi connectivity index (χ2n) is 8.01. The summed E-state index contributed by atoms with van der Waals surface area (Å²) in [5, 5.41) is 2.53. The summed E-state index contributed by atoms with van der Waals surface area (Å²) in [5.74, 6) is 1.38. The van der Waals surface area contributed by atoms with Gasteiger partial charge in [0.05, 0.1) is 16.3 Å². The van der Waals surface area contributed by atoms with Crippen molar-refractivity contribution in [3.8, 4) is 5.69 Å². The molecule has 1 fully saturated rings. The van der Waals surface area contributed by atoms with Crippen molar-refractivity contribution in [2.45, 2.75) is 39.2 Å². The maximum absolute atomic E-state index is 13.3. The molecule has 28 heavy (non-hydrogen) atoms. The molecule has 6 heteroatoms. The molecule has 0 radical (unpaired) electrons. The number of hydrogen-bond acceptors (Lipinski definition) is 4. The topological polar surface area (TPSA) is 64.2 Å². The van der Waals surface area contributed by atoms with E-state index in [1.807, 2.05) is 50.2 Å². The van der Waals surface area contributed by atoms with Crippen molar-refractivity contribution in [3.05, 3.63) is 63.2 Å². The van der Waals surface area contributed by atoms with Gasteiger partial charge < -0.3 is 10.6 Å². The van der Waals surface area contributed by atoms with Gasteiger partial charge in [-0.05, 0) is 45.1 Å². The number of aromatic nitrogens is 2. The normalized spacial score (nSPS) is 16.5. The Morgan fingerprint density at radius 1 is 1.11 bits per heavy atom. The van der Waals surface area contributed by atoms with Crippen LogP contribution in [0.25, 0.3) is 16.5 Å². The van der Waals surface area contributed by atoms with Crippen molar-refractivity contribution in [1.29, 1.82) is 0 Å². The minimum absolute atomic E-state index is 0.0826. The lowest BCUT2D eigenvalue weighted by atomic mass is 9.91. The largest absolute Gasteiger partial charge is 0.356 e. The van der Waals surface area contributed by atoms with E-state index in [0.717, 1.165) is 42.5 Å². The summed E-state index contributed by atoms with van der Waals surface area (Å²) in [7, 11) is 0. The van der Waals surface area contributed by atoms with E-state index in [1.165, 1.54) is 0 Å². The van der Waals surface area contributed by atoms with Gasteiger partial charge >= 0.3 is 0 Å². The number of nitrogens with two attached hydrogens (primary N) is 1. The van der Waals surface area contributed by atoms with Crippen LogP contribution in [0.3, 0.4) is 0 Å². The van der Waals surface area contributed by atoms with E-state index in [2.05, 4.69) is 11.8 Å². The first-order chi connectivity index (χ1) is 13.3. The van der Waals surface area contributed by atoms with E-state index >= 15 is 0 Å². The number of aryl methyl sites for hydroxylation is 1. The van der Waals surface area contributed by atoms with Crippen LogP contribution in [0.2, 0.25) is 5.02 Å². The molecule has 0 amide bonds. The zero-order valence-electron chi connectivity index (χ0n) is 16.5. The van der Waals surface area contributed by atoms with Gasteiger partial charge in [-0.3, -0.25) is 9.36 Å². The van der Waals surface area contributed by atoms with Crippen LogP contribution >= 0.6 is 11.6 Å². The average Bonchev–Trinajstić information content (AvgIpc) is 2.67. The molecule has 1 aliphatic rings. The second kappa shape index (κ2) is 6.90. The quantitative estimate of drug-likeness (QED) is 0.711. The number of nitrogens with zero attached hydrogens (tertiary/aromatic N) is 3. The number of halogens is 1. The molecule has 146 valence electrons. The molecule has 0 saturated carbocycles. The maximum atomic E-state index is 13.3. The van der Waals surface area contributed by atoms with Crippen molar-refractivity contribution in [1.82, 2.24) is 9.55 Å². The summed E-state index contributed by atoms with van der Waals surface area (Å²) in [6.07, 6.45) is 1.76. The van der Waals surface area contributed by atoms with E-state index in [-0.39, 0.29) is 11.1 Å². The summed E-state index contributed by atoms with van der Waals surface area (Å²) >= 11 is 6.68. The first-order valence-corrected chi connectivity index (χ1v) is 9.98. The Labute approximate surface area is 169 Å². The molecule has 1 aliphatic heterocycles. The summed E-state index contributed by atoms with van der Waals surface area (Å²) in [6, 6.07) is 11.8. The molecule has 0 bridgehead atoms. The van der Waals surface area contributed by atoms with Crippen LogP contribution in [-0.2, 0) is 0 Å². The minimum Gasteiger partial charge on any atom is -0.356 e. The van der Waals surface area contributed by atoms with Gasteiger partial charge in [-0.15, -0.1) is 0 Å². The smallest absolute Gasteiger partial charge is 0.263 e. The zero-order valence-corrected chi connectivity index (χ0v) is 17.3. The Morgan fingerprint density at radius 2 is 1.79 bits per heavy atom. The Balaban J connectivity index is 1.82. The van der Waals surface area contributed by atoms with Gasteiger partial charge in [0.2, 0.25) is 0 Å². The van der Waals surface area contributed by atoms with Gasteiger partial charge in [-0.25, -0.2) is 4.98 Å². The van der Waals surface area contributed by atoms with Gasteiger partial charge in [-0.1, -0.05) is 41.9 Å². The number of piperidine rings is 1. The molecule has 2 N–H and O–H groups in total. The van der Waals surface area contributed by atoms with Crippen LogP contribution in [0.1, 0.15) is 31.2 Å². The molecule has 5 nitrogen and oxygen atoms in total. The highest BCUT2D eigenvalue weighted by Gasteiger charge is 2.28. The van der Waals surface area contributed by atoms with E-state index in [9.17, 15) is 4.79 Å². The van der Waals surface area contributed by atoms with Gasteiger partial charge in [0, 0.05) is 24.0 Å². The molecule has 3 aromatic rings. The molecule has 0 spiro atoms. The highest BCUT2D eigenvalue weighted by molar-refractivity contribution is 6.37. The lowest BCUT2D eigenvalue weighted by Gasteiger charge is -2.38. The van der Waals surface area contributed by atoms with E-state index in [0.29, 0.717) is 22.1 Å². The second-order valence-corrected chi connectivity index (χ2v) is 8.39. The van der Waals surface area contributed by atoms with Crippen LogP contribution in [0.15, 0.2) is 41.2 Å². The van der Waals surface area contributed by atoms with Crippen molar-refractivity contribution in [3.63, 3.8) is 0 Å². The lowest BCUT2D eigenvalue weighted by Crippen LogP contribution is -2.49.